The van der Waals surface area contributed by atoms with Gasteiger partial charge in [0.2, 0.25) is 11.8 Å². The summed E-state index contributed by atoms with van der Waals surface area (Å²) in [5.74, 6) is 1.66. The second kappa shape index (κ2) is 7.22. The van der Waals surface area contributed by atoms with Crippen LogP contribution in [0.2, 0.25) is 0 Å². The molecule has 0 N–H and O–H groups in total. The molecule has 1 atom stereocenters. The number of hydrogen-bond donors (Lipinski definition) is 0. The van der Waals surface area contributed by atoms with Crippen LogP contribution in [0.4, 0.5) is 0 Å². The van der Waals surface area contributed by atoms with Gasteiger partial charge in [0.1, 0.15) is 5.38 Å². The molecular formula is C17H27ClN2O2S. The summed E-state index contributed by atoms with van der Waals surface area (Å²) in [6.07, 6.45) is 7.55. The molecule has 1 aliphatic carbocycles. The molecule has 0 aromatic rings. The van der Waals surface area contributed by atoms with Gasteiger partial charge >= 0.3 is 0 Å². The van der Waals surface area contributed by atoms with Crippen LogP contribution in [-0.2, 0) is 9.59 Å². The second-order valence-electron chi connectivity index (χ2n) is 7.06. The Hall–Kier alpha value is -0.420. The van der Waals surface area contributed by atoms with E-state index in [1.165, 1.54) is 19.3 Å². The number of hydrogen-bond acceptors (Lipinski definition) is 3. The monoisotopic (exact) mass is 358 g/mol. The molecular weight excluding hydrogens is 332 g/mol. The van der Waals surface area contributed by atoms with Crippen molar-refractivity contribution in [2.45, 2.75) is 62.1 Å². The molecule has 0 aromatic heterocycles. The van der Waals surface area contributed by atoms with Crippen molar-refractivity contribution < 1.29 is 9.59 Å². The first-order chi connectivity index (χ1) is 11.0. The van der Waals surface area contributed by atoms with Crippen molar-refractivity contribution >= 4 is 35.2 Å². The molecule has 2 aliphatic heterocycles. The maximum atomic E-state index is 13.0. The lowest BCUT2D eigenvalue weighted by Gasteiger charge is -2.45. The van der Waals surface area contributed by atoms with Crippen LogP contribution in [0.3, 0.4) is 0 Å². The average Bonchev–Trinajstić information content (AvgIpc) is 2.98. The van der Waals surface area contributed by atoms with Crippen LogP contribution < -0.4 is 0 Å². The van der Waals surface area contributed by atoms with E-state index < -0.39 is 5.38 Å². The molecule has 2 amide bonds. The topological polar surface area (TPSA) is 40.6 Å². The van der Waals surface area contributed by atoms with Crippen LogP contribution in [0.5, 0.6) is 0 Å². The highest BCUT2D eigenvalue weighted by Gasteiger charge is 2.48. The number of thioether (sulfide) groups is 1. The second-order valence-corrected chi connectivity index (χ2v) is 9.17. The molecule has 1 saturated carbocycles. The zero-order valence-electron chi connectivity index (χ0n) is 13.9. The van der Waals surface area contributed by atoms with Crippen molar-refractivity contribution in [3.05, 3.63) is 0 Å². The first-order valence-electron chi connectivity index (χ1n) is 8.92. The Bertz CT molecular complexity index is 458. The van der Waals surface area contributed by atoms with Gasteiger partial charge in [0.05, 0.1) is 4.87 Å². The molecule has 1 unspecified atom stereocenters. The summed E-state index contributed by atoms with van der Waals surface area (Å²) < 4.78 is 0. The fraction of sp³-hybridized carbons (Fsp3) is 0.882. The highest BCUT2D eigenvalue weighted by atomic mass is 35.5. The first-order valence-corrected chi connectivity index (χ1v) is 10.3. The van der Waals surface area contributed by atoms with E-state index in [0.717, 1.165) is 51.1 Å². The number of nitrogens with zero attached hydrogens (tertiary/aromatic N) is 2. The van der Waals surface area contributed by atoms with Crippen molar-refractivity contribution in [1.82, 2.24) is 9.80 Å². The molecule has 4 nitrogen and oxygen atoms in total. The molecule has 1 spiro atoms. The third-order valence-electron chi connectivity index (χ3n) is 5.59. The molecule has 3 aliphatic rings. The summed E-state index contributed by atoms with van der Waals surface area (Å²) in [4.78, 5) is 29.0. The standard InChI is InChI=1S/C17H27ClN2O2S/c1-13(18)15(21)19-9-7-17(8-10-19)20(11-12-23-17)16(22)14-5-3-2-4-6-14/h13-14H,2-12H2,1H3. The van der Waals surface area contributed by atoms with Gasteiger partial charge in [-0.25, -0.2) is 0 Å². The van der Waals surface area contributed by atoms with Gasteiger partial charge in [-0.2, -0.15) is 0 Å². The number of carbonyl (C=O) groups is 2. The summed E-state index contributed by atoms with van der Waals surface area (Å²) in [6.45, 7) is 4.05. The fourth-order valence-corrected chi connectivity index (χ4v) is 5.83. The van der Waals surface area contributed by atoms with E-state index in [1.807, 2.05) is 16.7 Å². The molecule has 23 heavy (non-hydrogen) atoms. The molecule has 0 aromatic carbocycles. The average molecular weight is 359 g/mol. The zero-order valence-corrected chi connectivity index (χ0v) is 15.5. The van der Waals surface area contributed by atoms with E-state index in [1.54, 1.807) is 6.92 Å². The molecule has 3 rings (SSSR count). The van der Waals surface area contributed by atoms with Crippen LogP contribution in [0.25, 0.3) is 0 Å². The van der Waals surface area contributed by atoms with Gasteiger partial charge < -0.3 is 9.80 Å². The number of amides is 2. The van der Waals surface area contributed by atoms with Gasteiger partial charge in [-0.15, -0.1) is 23.4 Å². The van der Waals surface area contributed by atoms with Crippen LogP contribution in [0.1, 0.15) is 51.9 Å². The highest BCUT2D eigenvalue weighted by molar-refractivity contribution is 8.00. The van der Waals surface area contributed by atoms with Gasteiger partial charge in [-0.3, -0.25) is 9.59 Å². The van der Waals surface area contributed by atoms with E-state index in [2.05, 4.69) is 4.90 Å². The maximum Gasteiger partial charge on any atom is 0.240 e. The Labute approximate surface area is 148 Å². The third-order valence-corrected chi connectivity index (χ3v) is 7.33. The van der Waals surface area contributed by atoms with Gasteiger partial charge in [0.15, 0.2) is 0 Å². The van der Waals surface area contributed by atoms with E-state index in [4.69, 9.17) is 11.6 Å². The quantitative estimate of drug-likeness (QED) is 0.712. The smallest absolute Gasteiger partial charge is 0.240 e. The van der Waals surface area contributed by atoms with Crippen molar-refractivity contribution in [2.24, 2.45) is 5.92 Å². The lowest BCUT2D eigenvalue weighted by atomic mass is 9.87. The number of carbonyl (C=O) groups excluding carboxylic acids is 2. The van der Waals surface area contributed by atoms with Gasteiger partial charge in [-0.05, 0) is 32.6 Å². The summed E-state index contributed by atoms with van der Waals surface area (Å²) in [5, 5.41) is -0.458. The molecule has 2 heterocycles. The first kappa shape index (κ1) is 17.4. The van der Waals surface area contributed by atoms with E-state index in [-0.39, 0.29) is 16.7 Å². The molecule has 0 radical (unpaired) electrons. The molecule has 6 heteroatoms. The normalized spacial score (nSPS) is 26.5. The summed E-state index contributed by atoms with van der Waals surface area (Å²) in [6, 6.07) is 0. The molecule has 0 bridgehead atoms. The minimum absolute atomic E-state index is 0.0228. The predicted octanol–water partition coefficient (Wildman–Crippen LogP) is 3.09. The Morgan fingerprint density at radius 2 is 1.78 bits per heavy atom. The van der Waals surface area contributed by atoms with Crippen molar-refractivity contribution in [3.63, 3.8) is 0 Å². The number of piperidine rings is 1. The number of alkyl halides is 1. The lowest BCUT2D eigenvalue weighted by molar-refractivity contribution is -0.141. The van der Waals surface area contributed by atoms with Gasteiger partial charge in [0.25, 0.3) is 0 Å². The largest absolute Gasteiger partial charge is 0.341 e. The SMILES string of the molecule is CC(Cl)C(=O)N1CCC2(CC1)SCCN2C(=O)C1CCCCC1. The third kappa shape index (κ3) is 3.51. The minimum atomic E-state index is -0.458. The maximum absolute atomic E-state index is 13.0. The number of likely N-dealkylation sites (tertiary alicyclic amines) is 1. The van der Waals surface area contributed by atoms with E-state index >= 15 is 0 Å². The predicted molar refractivity (Wildman–Crippen MR) is 94.6 cm³/mol. The van der Waals surface area contributed by atoms with Crippen molar-refractivity contribution in [1.29, 1.82) is 0 Å². The van der Waals surface area contributed by atoms with Crippen molar-refractivity contribution in [3.8, 4) is 0 Å². The fourth-order valence-electron chi connectivity index (χ4n) is 4.23. The summed E-state index contributed by atoms with van der Waals surface area (Å²) in [5.41, 5.74) is 0. The minimum Gasteiger partial charge on any atom is -0.341 e. The lowest BCUT2D eigenvalue weighted by Crippen LogP contribution is -2.55. The summed E-state index contributed by atoms with van der Waals surface area (Å²) >= 11 is 7.85. The Balaban J connectivity index is 1.65. The Morgan fingerprint density at radius 3 is 2.39 bits per heavy atom. The Morgan fingerprint density at radius 1 is 1.13 bits per heavy atom. The molecule has 2 saturated heterocycles. The number of halogens is 1. The van der Waals surface area contributed by atoms with Crippen molar-refractivity contribution in [2.75, 3.05) is 25.4 Å². The van der Waals surface area contributed by atoms with Gasteiger partial charge in [-0.1, -0.05) is 19.3 Å². The van der Waals surface area contributed by atoms with Gasteiger partial charge in [0, 0.05) is 31.3 Å². The number of rotatable bonds is 2. The van der Waals surface area contributed by atoms with Crippen LogP contribution in [0.15, 0.2) is 0 Å². The molecule has 130 valence electrons. The van der Waals surface area contributed by atoms with E-state index in [0.29, 0.717) is 5.91 Å². The highest BCUT2D eigenvalue weighted by Crippen LogP contribution is 2.45. The summed E-state index contributed by atoms with van der Waals surface area (Å²) in [7, 11) is 0. The Kier molecular flexibility index (Phi) is 5.46. The van der Waals surface area contributed by atoms with Crippen LogP contribution in [0, 0.1) is 5.92 Å². The van der Waals surface area contributed by atoms with Crippen LogP contribution >= 0.6 is 23.4 Å². The van der Waals surface area contributed by atoms with E-state index in [9.17, 15) is 9.59 Å². The molecule has 3 fully saturated rings. The van der Waals surface area contributed by atoms with Crippen LogP contribution in [-0.4, -0.2) is 57.2 Å². The zero-order chi connectivity index (χ0) is 16.4.